The zero-order chi connectivity index (χ0) is 23.0. The molecule has 0 spiro atoms. The summed E-state index contributed by atoms with van der Waals surface area (Å²) in [4.78, 5) is 27.4. The summed E-state index contributed by atoms with van der Waals surface area (Å²) in [7, 11) is 1.55. The Morgan fingerprint density at radius 2 is 1.94 bits per heavy atom. The van der Waals surface area contributed by atoms with E-state index in [-0.39, 0.29) is 65.3 Å². The van der Waals surface area contributed by atoms with Crippen molar-refractivity contribution in [3.63, 3.8) is 0 Å². The van der Waals surface area contributed by atoms with E-state index in [0.29, 0.717) is 23.0 Å². The first kappa shape index (κ1) is 25.5. The summed E-state index contributed by atoms with van der Waals surface area (Å²) in [5, 5.41) is 22.1. The second kappa shape index (κ2) is 10.4. The average molecular weight is 480 g/mol. The maximum absolute atomic E-state index is 13.1. The molecule has 0 saturated heterocycles. The van der Waals surface area contributed by atoms with Gasteiger partial charge in [-0.15, -0.1) is 10.2 Å². The van der Waals surface area contributed by atoms with Gasteiger partial charge in [-0.3, -0.25) is 9.59 Å². The second-order valence-electron chi connectivity index (χ2n) is 7.92. The monoisotopic (exact) mass is 480 g/mol. The first-order valence-electron chi connectivity index (χ1n) is 10.1. The normalized spacial score (nSPS) is 15.5. The summed E-state index contributed by atoms with van der Waals surface area (Å²) < 4.78 is 20.0. The van der Waals surface area contributed by atoms with Gasteiger partial charge in [0.25, 0.3) is 5.91 Å². The zero-order valence-corrected chi connectivity index (χ0v) is 21.7. The molecule has 1 aliphatic heterocycles. The number of fused-ring (bicyclic) bond motifs is 1. The number of methoxy groups -OCH3 is 1. The van der Waals surface area contributed by atoms with Gasteiger partial charge in [0.05, 0.1) is 18.2 Å². The van der Waals surface area contributed by atoms with Crippen LogP contribution in [0.2, 0.25) is 0 Å². The molecular formula is C22H22FN4NaO4S. The Hall–Kier alpha value is -2.11. The summed E-state index contributed by atoms with van der Waals surface area (Å²) in [5.41, 5.74) is 0.0153. The molecule has 0 unspecified atom stereocenters. The van der Waals surface area contributed by atoms with Gasteiger partial charge in [-0.2, -0.15) is 0 Å². The molecule has 33 heavy (non-hydrogen) atoms. The largest absolute Gasteiger partial charge is 1.00 e. The number of hydrogen-bond acceptors (Lipinski definition) is 7. The third-order valence-corrected chi connectivity index (χ3v) is 6.36. The van der Waals surface area contributed by atoms with Crippen LogP contribution in [-0.4, -0.2) is 51.9 Å². The van der Waals surface area contributed by atoms with E-state index in [1.54, 1.807) is 28.7 Å². The van der Waals surface area contributed by atoms with Crippen molar-refractivity contribution in [3.05, 3.63) is 62.8 Å². The van der Waals surface area contributed by atoms with Crippen molar-refractivity contribution < 1.29 is 48.6 Å². The number of benzene rings is 1. The SMILES string of the molecule is COC[C@H]1CN(C(C)C)C(=O)c2c([O-])c(=O)c(-c3nnc(Cc4ccc(F)cc4)s3)cn21.[Na+]. The molecule has 4 rings (SSSR count). The number of carbonyl (C=O) groups excluding carboxylic acids is 1. The van der Waals surface area contributed by atoms with Crippen LogP contribution in [0.4, 0.5) is 4.39 Å². The Bertz CT molecular complexity index is 1210. The summed E-state index contributed by atoms with van der Waals surface area (Å²) in [6.07, 6.45) is 1.93. The molecule has 11 heteroatoms. The van der Waals surface area contributed by atoms with Crippen molar-refractivity contribution in [2.45, 2.75) is 32.4 Å². The van der Waals surface area contributed by atoms with Crippen molar-refractivity contribution >= 4 is 17.2 Å². The molecule has 0 aliphatic carbocycles. The van der Waals surface area contributed by atoms with Gasteiger partial charge in [0.2, 0.25) is 0 Å². The number of hydrogen-bond donors (Lipinski definition) is 0. The molecule has 1 aromatic carbocycles. The molecule has 1 atom stereocenters. The fraction of sp³-hybridized carbons (Fsp3) is 0.364. The van der Waals surface area contributed by atoms with E-state index < -0.39 is 17.1 Å². The van der Waals surface area contributed by atoms with Crippen molar-refractivity contribution in [1.82, 2.24) is 19.7 Å². The number of ether oxygens (including phenoxy) is 1. The number of rotatable bonds is 6. The van der Waals surface area contributed by atoms with Crippen LogP contribution in [0.5, 0.6) is 5.75 Å². The zero-order valence-electron chi connectivity index (χ0n) is 18.9. The van der Waals surface area contributed by atoms with Gasteiger partial charge in [-0.25, -0.2) is 4.39 Å². The molecule has 1 aliphatic rings. The molecule has 2 aromatic heterocycles. The van der Waals surface area contributed by atoms with Crippen molar-refractivity contribution in [2.24, 2.45) is 0 Å². The van der Waals surface area contributed by atoms with Crippen molar-refractivity contribution in [1.29, 1.82) is 0 Å². The number of pyridine rings is 1. The minimum Gasteiger partial charge on any atom is -0.868 e. The van der Waals surface area contributed by atoms with Gasteiger partial charge in [0, 0.05) is 32.3 Å². The predicted octanol–water partition coefficient (Wildman–Crippen LogP) is -0.774. The smallest absolute Gasteiger partial charge is 0.868 e. The van der Waals surface area contributed by atoms with Crippen LogP contribution < -0.4 is 40.1 Å². The van der Waals surface area contributed by atoms with Crippen LogP contribution >= 0.6 is 11.3 Å². The van der Waals surface area contributed by atoms with Crippen LogP contribution in [0.15, 0.2) is 35.3 Å². The topological polar surface area (TPSA) is 100 Å². The average Bonchev–Trinajstić information content (AvgIpc) is 3.21. The fourth-order valence-electron chi connectivity index (χ4n) is 3.77. The van der Waals surface area contributed by atoms with E-state index in [0.717, 1.165) is 5.56 Å². The molecule has 1 amide bonds. The van der Waals surface area contributed by atoms with Gasteiger partial charge in [-0.1, -0.05) is 23.5 Å². The van der Waals surface area contributed by atoms with Crippen molar-refractivity contribution in [2.75, 3.05) is 20.3 Å². The summed E-state index contributed by atoms with van der Waals surface area (Å²) in [6.45, 7) is 4.36. The molecular weight excluding hydrogens is 458 g/mol. The summed E-state index contributed by atoms with van der Waals surface area (Å²) in [6, 6.07) is 5.60. The third-order valence-electron chi connectivity index (χ3n) is 5.40. The maximum Gasteiger partial charge on any atom is 1.00 e. The van der Waals surface area contributed by atoms with Gasteiger partial charge in [0.15, 0.2) is 10.4 Å². The number of carbonyl (C=O) groups is 1. The van der Waals surface area contributed by atoms with Gasteiger partial charge in [0.1, 0.15) is 16.5 Å². The molecule has 0 radical (unpaired) electrons. The summed E-state index contributed by atoms with van der Waals surface area (Å²) in [5.74, 6) is -1.64. The Balaban J connectivity index is 0.00000306. The number of halogens is 1. The van der Waals surface area contributed by atoms with Crippen LogP contribution in [0, 0.1) is 5.82 Å². The minimum absolute atomic E-state index is 0. The van der Waals surface area contributed by atoms with Crippen LogP contribution in [0.1, 0.15) is 40.9 Å². The Morgan fingerprint density at radius 3 is 2.58 bits per heavy atom. The van der Waals surface area contributed by atoms with E-state index in [2.05, 4.69) is 10.2 Å². The number of nitrogens with zero attached hydrogens (tertiary/aromatic N) is 4. The van der Waals surface area contributed by atoms with E-state index in [1.165, 1.54) is 29.7 Å². The van der Waals surface area contributed by atoms with Crippen LogP contribution in [-0.2, 0) is 11.2 Å². The van der Waals surface area contributed by atoms with Crippen LogP contribution in [0.3, 0.4) is 0 Å². The van der Waals surface area contributed by atoms with E-state index in [4.69, 9.17) is 4.74 Å². The fourth-order valence-corrected chi connectivity index (χ4v) is 4.65. The van der Waals surface area contributed by atoms with Gasteiger partial charge in [-0.05, 0) is 37.3 Å². The molecule has 168 valence electrons. The first-order chi connectivity index (χ1) is 15.3. The van der Waals surface area contributed by atoms with E-state index in [9.17, 15) is 19.1 Å². The van der Waals surface area contributed by atoms with E-state index in [1.807, 2.05) is 13.8 Å². The minimum atomic E-state index is -0.853. The van der Waals surface area contributed by atoms with Crippen molar-refractivity contribution in [3.8, 4) is 16.3 Å². The molecule has 8 nitrogen and oxygen atoms in total. The number of amides is 1. The Labute approximate surface area is 216 Å². The molecule has 0 saturated carbocycles. The first-order valence-corrected chi connectivity index (χ1v) is 10.9. The molecule has 3 heterocycles. The van der Waals surface area contributed by atoms with Crippen LogP contribution in [0.25, 0.3) is 10.6 Å². The Kier molecular flexibility index (Phi) is 8.07. The molecule has 0 bridgehead atoms. The molecule has 3 aromatic rings. The standard InChI is InChI=1S/C22H23FN4O4S.Na/c1-12(2)26-9-15(11-31-3)27-10-16(19(28)20(29)18(27)22(26)30)21-25-24-17(32-21)8-13-4-6-14(23)7-5-13;/h4-7,10,12,15,29H,8-9,11H2,1-3H3;/q;+1/p-1/t15-;/m1./s1. The number of aromatic nitrogens is 3. The van der Waals surface area contributed by atoms with E-state index >= 15 is 0 Å². The van der Waals surface area contributed by atoms with Gasteiger partial charge >= 0.3 is 29.6 Å². The quantitative estimate of drug-likeness (QED) is 0.430. The second-order valence-corrected chi connectivity index (χ2v) is 8.98. The molecule has 0 fully saturated rings. The molecule has 0 N–H and O–H groups in total. The third kappa shape index (κ3) is 5.04. The maximum atomic E-state index is 13.1. The Morgan fingerprint density at radius 1 is 1.24 bits per heavy atom. The van der Waals surface area contributed by atoms with Gasteiger partial charge < -0.3 is 19.3 Å². The predicted molar refractivity (Wildman–Crippen MR) is 115 cm³/mol. The summed E-state index contributed by atoms with van der Waals surface area (Å²) >= 11 is 1.18.